The summed E-state index contributed by atoms with van der Waals surface area (Å²) in [6.07, 6.45) is 4.88. The molecule has 7 heteroatoms. The maximum Gasteiger partial charge on any atom is 0.263 e. The smallest absolute Gasteiger partial charge is 0.263 e. The molecule has 2 fully saturated rings. The molecular weight excluding hydrogens is 387 g/mol. The van der Waals surface area contributed by atoms with Crippen molar-refractivity contribution < 1.29 is 14.3 Å². The molecule has 1 aromatic carbocycles. The van der Waals surface area contributed by atoms with Crippen LogP contribution in [0.4, 0.5) is 0 Å². The van der Waals surface area contributed by atoms with Gasteiger partial charge >= 0.3 is 0 Å². The molecule has 0 aromatic heterocycles. The van der Waals surface area contributed by atoms with E-state index < -0.39 is 6.10 Å². The van der Waals surface area contributed by atoms with Crippen molar-refractivity contribution in [1.29, 1.82) is 0 Å². The van der Waals surface area contributed by atoms with E-state index in [4.69, 9.17) is 27.9 Å². The fourth-order valence-corrected chi connectivity index (χ4v) is 4.12. The molecule has 1 aliphatic heterocycles. The summed E-state index contributed by atoms with van der Waals surface area (Å²) in [7, 11) is 0. The second-order valence-corrected chi connectivity index (χ2v) is 8.21. The van der Waals surface area contributed by atoms with E-state index in [1.807, 2.05) is 4.90 Å². The lowest BCUT2D eigenvalue weighted by molar-refractivity contribution is -0.144. The number of ether oxygens (including phenoxy) is 1. The lowest BCUT2D eigenvalue weighted by Gasteiger charge is -2.36. The average Bonchev–Trinajstić information content (AvgIpc) is 3.17. The zero-order valence-corrected chi connectivity index (χ0v) is 17.1. The summed E-state index contributed by atoms with van der Waals surface area (Å²) in [6.45, 7) is 4.00. The van der Waals surface area contributed by atoms with Crippen molar-refractivity contribution in [1.82, 2.24) is 9.80 Å². The van der Waals surface area contributed by atoms with Gasteiger partial charge in [0.1, 0.15) is 5.75 Å². The van der Waals surface area contributed by atoms with Gasteiger partial charge in [-0.2, -0.15) is 0 Å². The van der Waals surface area contributed by atoms with E-state index in [1.54, 1.807) is 30.0 Å². The number of nitrogens with zero attached hydrogens (tertiary/aromatic N) is 2. The van der Waals surface area contributed by atoms with Crippen molar-refractivity contribution in [3.05, 3.63) is 28.2 Å². The predicted octanol–water partition coefficient (Wildman–Crippen LogP) is 4.01. The van der Waals surface area contributed by atoms with Crippen LogP contribution in [0.3, 0.4) is 0 Å². The van der Waals surface area contributed by atoms with Crippen molar-refractivity contribution in [2.24, 2.45) is 5.92 Å². The summed E-state index contributed by atoms with van der Waals surface area (Å²) in [6, 6.07) is 4.94. The van der Waals surface area contributed by atoms with Crippen LogP contribution in [0, 0.1) is 5.92 Å². The molecule has 1 saturated heterocycles. The van der Waals surface area contributed by atoms with Gasteiger partial charge in [0, 0.05) is 38.7 Å². The molecule has 1 aromatic rings. The summed E-state index contributed by atoms with van der Waals surface area (Å²) in [4.78, 5) is 28.7. The first-order chi connectivity index (χ1) is 12.9. The van der Waals surface area contributed by atoms with Crippen LogP contribution in [0.25, 0.3) is 0 Å². The molecular formula is C20H26Cl2N2O3. The molecule has 0 N–H and O–H groups in total. The zero-order chi connectivity index (χ0) is 19.4. The van der Waals surface area contributed by atoms with E-state index in [0.717, 1.165) is 0 Å². The van der Waals surface area contributed by atoms with Gasteiger partial charge in [-0.15, -0.1) is 0 Å². The molecule has 3 rings (SSSR count). The monoisotopic (exact) mass is 412 g/mol. The maximum atomic E-state index is 12.6. The first kappa shape index (κ1) is 20.3. The highest BCUT2D eigenvalue weighted by Crippen LogP contribution is 2.29. The van der Waals surface area contributed by atoms with Crippen molar-refractivity contribution in [2.75, 3.05) is 26.2 Å². The lowest BCUT2D eigenvalue weighted by atomic mass is 10.0. The lowest BCUT2D eigenvalue weighted by Crippen LogP contribution is -2.53. The molecule has 1 atom stereocenters. The molecule has 2 aliphatic rings. The van der Waals surface area contributed by atoms with Crippen LogP contribution in [-0.4, -0.2) is 53.9 Å². The first-order valence-electron chi connectivity index (χ1n) is 9.62. The highest BCUT2D eigenvalue weighted by molar-refractivity contribution is 6.42. The Bertz CT molecular complexity index is 684. The topological polar surface area (TPSA) is 49.9 Å². The number of piperazine rings is 1. The van der Waals surface area contributed by atoms with E-state index >= 15 is 0 Å². The minimum Gasteiger partial charge on any atom is -0.481 e. The molecule has 1 unspecified atom stereocenters. The van der Waals surface area contributed by atoms with Crippen LogP contribution in [-0.2, 0) is 9.59 Å². The molecule has 1 aliphatic carbocycles. The number of rotatable bonds is 5. The van der Waals surface area contributed by atoms with Gasteiger partial charge < -0.3 is 14.5 Å². The fraction of sp³-hybridized carbons (Fsp3) is 0.600. The second-order valence-electron chi connectivity index (χ2n) is 7.40. The number of hydrogen-bond acceptors (Lipinski definition) is 3. The van der Waals surface area contributed by atoms with E-state index in [1.165, 1.54) is 25.7 Å². The van der Waals surface area contributed by atoms with Gasteiger partial charge in [0.25, 0.3) is 5.91 Å². The van der Waals surface area contributed by atoms with Gasteiger partial charge in [0.2, 0.25) is 5.91 Å². The van der Waals surface area contributed by atoms with Gasteiger partial charge in [-0.25, -0.2) is 0 Å². The largest absolute Gasteiger partial charge is 0.481 e. The minimum atomic E-state index is -0.622. The Morgan fingerprint density at radius 3 is 2.33 bits per heavy atom. The summed E-state index contributed by atoms with van der Waals surface area (Å²) in [5.41, 5.74) is 0. The van der Waals surface area contributed by atoms with Crippen molar-refractivity contribution in [3.8, 4) is 5.75 Å². The molecule has 5 nitrogen and oxygen atoms in total. The van der Waals surface area contributed by atoms with Crippen molar-refractivity contribution >= 4 is 35.0 Å². The summed E-state index contributed by atoms with van der Waals surface area (Å²) in [5.74, 6) is 1.21. The molecule has 0 radical (unpaired) electrons. The van der Waals surface area contributed by atoms with Gasteiger partial charge in [-0.3, -0.25) is 9.59 Å². The SMILES string of the molecule is CC(Oc1ccc(Cl)c(Cl)c1)C(=O)N1CCN(C(=O)CC2CCCC2)CC1. The highest BCUT2D eigenvalue weighted by atomic mass is 35.5. The molecule has 0 spiro atoms. The van der Waals surface area contributed by atoms with E-state index in [9.17, 15) is 9.59 Å². The van der Waals surface area contributed by atoms with Crippen LogP contribution in [0.1, 0.15) is 39.0 Å². The summed E-state index contributed by atoms with van der Waals surface area (Å²) >= 11 is 11.9. The van der Waals surface area contributed by atoms with Gasteiger partial charge in [-0.05, 0) is 37.8 Å². The third kappa shape index (κ3) is 5.29. The van der Waals surface area contributed by atoms with Crippen molar-refractivity contribution in [2.45, 2.75) is 45.1 Å². The number of carbonyl (C=O) groups excluding carboxylic acids is 2. The van der Waals surface area contributed by atoms with Crippen molar-refractivity contribution in [3.63, 3.8) is 0 Å². The maximum absolute atomic E-state index is 12.6. The van der Waals surface area contributed by atoms with E-state index in [-0.39, 0.29) is 11.8 Å². The molecule has 1 saturated carbocycles. The van der Waals surface area contributed by atoms with Gasteiger partial charge in [0.05, 0.1) is 10.0 Å². The summed E-state index contributed by atoms with van der Waals surface area (Å²) in [5, 5.41) is 0.838. The number of benzene rings is 1. The first-order valence-corrected chi connectivity index (χ1v) is 10.4. The van der Waals surface area contributed by atoms with Crippen LogP contribution in [0.5, 0.6) is 5.75 Å². The Morgan fingerprint density at radius 1 is 1.07 bits per heavy atom. The highest BCUT2D eigenvalue weighted by Gasteiger charge is 2.29. The number of carbonyl (C=O) groups is 2. The second kappa shape index (κ2) is 9.16. The third-order valence-corrected chi connectivity index (χ3v) is 6.17. The molecule has 0 bridgehead atoms. The van der Waals surface area contributed by atoms with Crippen LogP contribution < -0.4 is 4.74 Å². The Hall–Kier alpha value is -1.46. The fourth-order valence-electron chi connectivity index (χ4n) is 3.83. The Labute approximate surface area is 170 Å². The average molecular weight is 413 g/mol. The Kier molecular flexibility index (Phi) is 6.88. The van der Waals surface area contributed by atoms with Gasteiger partial charge in [0.15, 0.2) is 6.10 Å². The number of halogens is 2. The van der Waals surface area contributed by atoms with Crippen LogP contribution >= 0.6 is 23.2 Å². The van der Waals surface area contributed by atoms with Crippen LogP contribution in [0.2, 0.25) is 10.0 Å². The Balaban J connectivity index is 1.47. The number of amides is 2. The molecule has 148 valence electrons. The predicted molar refractivity (Wildman–Crippen MR) is 106 cm³/mol. The van der Waals surface area contributed by atoms with Gasteiger partial charge in [-0.1, -0.05) is 36.0 Å². The molecule has 27 heavy (non-hydrogen) atoms. The zero-order valence-electron chi connectivity index (χ0n) is 15.6. The van der Waals surface area contributed by atoms with Crippen LogP contribution in [0.15, 0.2) is 18.2 Å². The quantitative estimate of drug-likeness (QED) is 0.733. The minimum absolute atomic E-state index is 0.0797. The molecule has 2 amide bonds. The van der Waals surface area contributed by atoms with E-state index in [0.29, 0.717) is 54.3 Å². The molecule has 1 heterocycles. The standard InChI is InChI=1S/C20H26Cl2N2O3/c1-14(27-16-6-7-17(21)18(22)13-16)20(26)24-10-8-23(9-11-24)19(25)12-15-4-2-3-5-15/h6-7,13-15H,2-5,8-12H2,1H3. The Morgan fingerprint density at radius 2 is 1.70 bits per heavy atom. The normalized spacial score (nSPS) is 19.2. The van der Waals surface area contributed by atoms with E-state index in [2.05, 4.69) is 0 Å². The summed E-state index contributed by atoms with van der Waals surface area (Å²) < 4.78 is 5.71. The third-order valence-electron chi connectivity index (χ3n) is 5.43. The number of hydrogen-bond donors (Lipinski definition) is 0.